The molecular weight excluding hydrogens is 342 g/mol. The second kappa shape index (κ2) is 7.55. The van der Waals surface area contributed by atoms with Gasteiger partial charge in [0.05, 0.1) is 0 Å². The molecule has 0 aliphatic carbocycles. The highest BCUT2D eigenvalue weighted by molar-refractivity contribution is 7.80. The van der Waals surface area contributed by atoms with E-state index in [1.54, 1.807) is 0 Å². The van der Waals surface area contributed by atoms with Gasteiger partial charge in [-0.15, -0.1) is 0 Å². The zero-order chi connectivity index (χ0) is 18.9. The fraction of sp³-hybridized carbons (Fsp3) is 0.619. The van der Waals surface area contributed by atoms with E-state index >= 15 is 0 Å². The summed E-state index contributed by atoms with van der Waals surface area (Å²) < 4.78 is 0. The van der Waals surface area contributed by atoms with Gasteiger partial charge < -0.3 is 15.5 Å². The fourth-order valence-electron chi connectivity index (χ4n) is 4.06. The number of fused-ring (bicyclic) bond motifs is 2. The van der Waals surface area contributed by atoms with Crippen molar-refractivity contribution in [2.75, 3.05) is 5.32 Å². The number of piperidine rings is 2. The Morgan fingerprint density at radius 2 is 1.69 bits per heavy atom. The summed E-state index contributed by atoms with van der Waals surface area (Å²) in [6.45, 7) is 8.00. The summed E-state index contributed by atoms with van der Waals surface area (Å²) in [7, 11) is 0. The molecule has 0 radical (unpaired) electrons. The van der Waals surface area contributed by atoms with Gasteiger partial charge in [-0.3, -0.25) is 4.79 Å². The average molecular weight is 374 g/mol. The predicted octanol–water partition coefficient (Wildman–Crippen LogP) is 4.24. The highest BCUT2D eigenvalue weighted by Crippen LogP contribution is 2.35. The highest BCUT2D eigenvalue weighted by Gasteiger charge is 2.40. The Morgan fingerprint density at radius 1 is 1.12 bits per heavy atom. The molecule has 3 rings (SSSR count). The average Bonchev–Trinajstić information content (AvgIpc) is 2.55. The molecule has 142 valence electrons. The quantitative estimate of drug-likeness (QED) is 0.761. The van der Waals surface area contributed by atoms with Gasteiger partial charge >= 0.3 is 0 Å². The van der Waals surface area contributed by atoms with Crippen molar-refractivity contribution in [3.8, 4) is 0 Å². The number of benzene rings is 1. The normalized spacial score (nSPS) is 25.5. The maximum absolute atomic E-state index is 12.4. The number of nitrogens with one attached hydrogen (secondary N) is 2. The monoisotopic (exact) mass is 373 g/mol. The van der Waals surface area contributed by atoms with E-state index in [-0.39, 0.29) is 17.4 Å². The first kappa shape index (κ1) is 19.2. The molecule has 2 aliphatic heterocycles. The molecule has 0 aromatic heterocycles. The predicted molar refractivity (Wildman–Crippen MR) is 111 cm³/mol. The van der Waals surface area contributed by atoms with Crippen LogP contribution in [0.1, 0.15) is 58.4 Å². The molecule has 0 unspecified atom stereocenters. The molecule has 2 saturated heterocycles. The maximum atomic E-state index is 12.4. The molecule has 5 heteroatoms. The van der Waals surface area contributed by atoms with Gasteiger partial charge in [-0.05, 0) is 63.4 Å². The summed E-state index contributed by atoms with van der Waals surface area (Å²) >= 11 is 5.76. The van der Waals surface area contributed by atoms with Gasteiger partial charge in [0.2, 0.25) is 5.91 Å². The number of thiocarbonyl (C=S) groups is 1. The number of nitrogens with zero attached hydrogens (tertiary/aromatic N) is 1. The van der Waals surface area contributed by atoms with Crippen LogP contribution >= 0.6 is 12.2 Å². The Labute approximate surface area is 162 Å². The van der Waals surface area contributed by atoms with Crippen LogP contribution in [0.4, 0.5) is 5.69 Å². The van der Waals surface area contributed by atoms with Crippen LogP contribution in [-0.2, 0) is 4.79 Å². The van der Waals surface area contributed by atoms with Crippen molar-refractivity contribution in [3.63, 3.8) is 0 Å². The summed E-state index contributed by atoms with van der Waals surface area (Å²) in [6.07, 6.45) is 5.50. The lowest BCUT2D eigenvalue weighted by Gasteiger charge is -2.50. The van der Waals surface area contributed by atoms with E-state index in [1.165, 1.54) is 12.0 Å². The number of carbonyl (C=O) groups excluding carboxylic acids is 1. The molecule has 0 saturated carbocycles. The van der Waals surface area contributed by atoms with Crippen molar-refractivity contribution in [1.29, 1.82) is 0 Å². The lowest BCUT2D eigenvalue weighted by Crippen LogP contribution is -2.60. The third kappa shape index (κ3) is 4.37. The molecule has 4 nitrogen and oxygen atoms in total. The van der Waals surface area contributed by atoms with Gasteiger partial charge in [-0.25, -0.2) is 0 Å². The molecular formula is C21H31N3OS. The van der Waals surface area contributed by atoms with Crippen LogP contribution < -0.4 is 10.6 Å². The topological polar surface area (TPSA) is 44.4 Å². The number of anilines is 1. The number of aryl methyl sites for hydroxylation is 1. The van der Waals surface area contributed by atoms with Crippen LogP contribution in [0, 0.1) is 12.3 Å². The Hall–Kier alpha value is -1.62. The van der Waals surface area contributed by atoms with Crippen molar-refractivity contribution >= 4 is 28.9 Å². The van der Waals surface area contributed by atoms with Crippen molar-refractivity contribution in [3.05, 3.63) is 29.8 Å². The van der Waals surface area contributed by atoms with E-state index in [0.717, 1.165) is 36.5 Å². The van der Waals surface area contributed by atoms with Gasteiger partial charge in [0.15, 0.2) is 5.11 Å². The largest absolute Gasteiger partial charge is 0.353 e. The van der Waals surface area contributed by atoms with Crippen molar-refractivity contribution in [2.45, 2.75) is 77.9 Å². The van der Waals surface area contributed by atoms with Crippen LogP contribution in [0.2, 0.25) is 0 Å². The number of hydrogen-bond acceptors (Lipinski definition) is 2. The summed E-state index contributed by atoms with van der Waals surface area (Å²) in [6, 6.07) is 9.44. The van der Waals surface area contributed by atoms with Gasteiger partial charge in [0.25, 0.3) is 0 Å². The first-order chi connectivity index (χ1) is 12.2. The van der Waals surface area contributed by atoms with Gasteiger partial charge in [-0.2, -0.15) is 0 Å². The minimum Gasteiger partial charge on any atom is -0.353 e. The standard InChI is InChI=1S/C21H31N3OS/c1-14-8-10-15(11-9-14)23-20(26)24-17-6-5-7-18(24)13-16(12-17)22-19(25)21(2,3)4/h8-11,16-18H,5-7,12-13H2,1-4H3,(H,22,25)(H,23,26)/t17-,18-/m0/s1. The van der Waals surface area contributed by atoms with Crippen LogP contribution in [0.3, 0.4) is 0 Å². The summed E-state index contributed by atoms with van der Waals surface area (Å²) in [4.78, 5) is 14.8. The van der Waals surface area contributed by atoms with E-state index < -0.39 is 0 Å². The second-order valence-electron chi connectivity index (χ2n) is 8.83. The zero-order valence-electron chi connectivity index (χ0n) is 16.3. The molecule has 2 bridgehead atoms. The van der Waals surface area contributed by atoms with E-state index in [1.807, 2.05) is 20.8 Å². The number of carbonyl (C=O) groups is 1. The van der Waals surface area contributed by atoms with E-state index in [0.29, 0.717) is 12.1 Å². The Morgan fingerprint density at radius 3 is 2.23 bits per heavy atom. The molecule has 0 spiro atoms. The van der Waals surface area contributed by atoms with E-state index in [9.17, 15) is 4.79 Å². The Kier molecular flexibility index (Phi) is 5.56. The first-order valence-corrected chi connectivity index (χ1v) is 10.1. The third-order valence-corrected chi connectivity index (χ3v) is 5.84. The summed E-state index contributed by atoms with van der Waals surface area (Å²) in [5.74, 6) is 0.148. The second-order valence-corrected chi connectivity index (χ2v) is 9.22. The third-order valence-electron chi connectivity index (χ3n) is 5.53. The van der Waals surface area contributed by atoms with Crippen LogP contribution in [-0.4, -0.2) is 34.0 Å². The van der Waals surface area contributed by atoms with Crippen molar-refractivity contribution < 1.29 is 4.79 Å². The van der Waals surface area contributed by atoms with E-state index in [4.69, 9.17) is 12.2 Å². The minimum atomic E-state index is -0.339. The molecule has 2 fully saturated rings. The summed E-state index contributed by atoms with van der Waals surface area (Å²) in [5, 5.41) is 7.51. The van der Waals surface area contributed by atoms with Gasteiger partial charge in [-0.1, -0.05) is 38.5 Å². The maximum Gasteiger partial charge on any atom is 0.225 e. The van der Waals surface area contributed by atoms with Crippen molar-refractivity contribution in [1.82, 2.24) is 10.2 Å². The van der Waals surface area contributed by atoms with Gasteiger partial charge in [0.1, 0.15) is 0 Å². The Balaban J connectivity index is 1.65. The number of rotatable bonds is 2. The summed E-state index contributed by atoms with van der Waals surface area (Å²) in [5.41, 5.74) is 1.95. The zero-order valence-corrected chi connectivity index (χ0v) is 17.2. The van der Waals surface area contributed by atoms with E-state index in [2.05, 4.69) is 46.7 Å². The number of hydrogen-bond donors (Lipinski definition) is 2. The van der Waals surface area contributed by atoms with Crippen molar-refractivity contribution in [2.24, 2.45) is 5.41 Å². The molecule has 1 aromatic rings. The molecule has 2 heterocycles. The van der Waals surface area contributed by atoms with Crippen LogP contribution in [0.15, 0.2) is 24.3 Å². The SMILES string of the molecule is Cc1ccc(NC(=S)N2[C@H]3CCC[C@H]2CC(NC(=O)C(C)(C)C)C3)cc1. The molecule has 2 N–H and O–H groups in total. The first-order valence-electron chi connectivity index (χ1n) is 9.71. The lowest BCUT2D eigenvalue weighted by atomic mass is 9.81. The minimum absolute atomic E-state index is 0.148. The Bertz CT molecular complexity index is 651. The fourth-order valence-corrected chi connectivity index (χ4v) is 4.47. The molecule has 2 aliphatic rings. The van der Waals surface area contributed by atoms with Gasteiger partial charge in [0, 0.05) is 29.2 Å². The molecule has 1 amide bonds. The highest BCUT2D eigenvalue weighted by atomic mass is 32.1. The van der Waals surface area contributed by atoms with Crippen LogP contribution in [0.25, 0.3) is 0 Å². The lowest BCUT2D eigenvalue weighted by molar-refractivity contribution is -0.129. The molecule has 2 atom stereocenters. The van der Waals surface area contributed by atoms with Crippen LogP contribution in [0.5, 0.6) is 0 Å². The smallest absolute Gasteiger partial charge is 0.225 e. The molecule has 26 heavy (non-hydrogen) atoms. The molecule has 1 aromatic carbocycles. The number of amides is 1.